The average molecular weight is 283 g/mol. The first-order chi connectivity index (χ1) is 8.98. The van der Waals surface area contributed by atoms with Gasteiger partial charge in [0.25, 0.3) is 0 Å². The molecule has 1 atom stereocenters. The molecule has 1 fully saturated rings. The van der Waals surface area contributed by atoms with Crippen molar-refractivity contribution < 1.29 is 17.9 Å². The smallest absolute Gasteiger partial charge is 0.224 e. The fraction of sp³-hybridized carbons (Fsp3) is 0.462. The number of hydrogen-bond donors (Lipinski definition) is 1. The Bertz CT molecular complexity index is 568. The molecule has 5 nitrogen and oxygen atoms in total. The van der Waals surface area contributed by atoms with Crippen molar-refractivity contribution in [3.63, 3.8) is 0 Å². The van der Waals surface area contributed by atoms with Gasteiger partial charge < -0.3 is 10.1 Å². The molecule has 1 aliphatic rings. The van der Waals surface area contributed by atoms with E-state index >= 15 is 0 Å². The SMILES string of the molecule is COc1cccc(CC(=O)N[C@@H]2CCS(=O)(=O)C2)c1. The lowest BCUT2D eigenvalue weighted by Crippen LogP contribution is -2.36. The normalized spacial score (nSPS) is 21.0. The van der Waals surface area contributed by atoms with Gasteiger partial charge in [0.2, 0.25) is 5.91 Å². The maximum Gasteiger partial charge on any atom is 0.224 e. The lowest BCUT2D eigenvalue weighted by Gasteiger charge is -2.11. The summed E-state index contributed by atoms with van der Waals surface area (Å²) in [5.74, 6) is 0.762. The second kappa shape index (κ2) is 5.61. The summed E-state index contributed by atoms with van der Waals surface area (Å²) in [6.45, 7) is 0. The Morgan fingerprint density at radius 2 is 2.26 bits per heavy atom. The number of carbonyl (C=O) groups is 1. The molecule has 1 aromatic rings. The van der Waals surface area contributed by atoms with Crippen molar-refractivity contribution in [3.05, 3.63) is 29.8 Å². The van der Waals surface area contributed by atoms with Gasteiger partial charge in [0, 0.05) is 6.04 Å². The van der Waals surface area contributed by atoms with Crippen LogP contribution in [0.25, 0.3) is 0 Å². The molecule has 1 saturated heterocycles. The quantitative estimate of drug-likeness (QED) is 0.875. The molecule has 2 rings (SSSR count). The van der Waals surface area contributed by atoms with Crippen LogP contribution in [0.3, 0.4) is 0 Å². The minimum Gasteiger partial charge on any atom is -0.497 e. The first kappa shape index (κ1) is 13.9. The van der Waals surface area contributed by atoms with Gasteiger partial charge >= 0.3 is 0 Å². The fourth-order valence-corrected chi connectivity index (χ4v) is 3.83. The number of rotatable bonds is 4. The van der Waals surface area contributed by atoms with Crippen molar-refractivity contribution in [1.29, 1.82) is 0 Å². The molecule has 19 heavy (non-hydrogen) atoms. The van der Waals surface area contributed by atoms with Gasteiger partial charge in [0.1, 0.15) is 5.75 Å². The molecule has 6 heteroatoms. The zero-order valence-corrected chi connectivity index (χ0v) is 11.6. The third-order valence-electron chi connectivity index (χ3n) is 3.10. The second-order valence-corrected chi connectivity index (χ2v) is 6.92. The molecule has 104 valence electrons. The average Bonchev–Trinajstić information content (AvgIpc) is 2.68. The highest BCUT2D eigenvalue weighted by molar-refractivity contribution is 7.91. The van der Waals surface area contributed by atoms with Crippen molar-refractivity contribution in [3.8, 4) is 5.75 Å². The van der Waals surface area contributed by atoms with Gasteiger partial charge in [-0.2, -0.15) is 0 Å². The molecule has 0 radical (unpaired) electrons. The van der Waals surface area contributed by atoms with Crippen LogP contribution >= 0.6 is 0 Å². The maximum absolute atomic E-state index is 11.8. The van der Waals surface area contributed by atoms with E-state index in [9.17, 15) is 13.2 Å². The number of methoxy groups -OCH3 is 1. The van der Waals surface area contributed by atoms with Crippen LogP contribution in [0.4, 0.5) is 0 Å². The first-order valence-corrected chi connectivity index (χ1v) is 7.93. The molecule has 0 spiro atoms. The van der Waals surface area contributed by atoms with Gasteiger partial charge in [-0.25, -0.2) is 8.42 Å². The summed E-state index contributed by atoms with van der Waals surface area (Å²) in [7, 11) is -1.39. The maximum atomic E-state index is 11.8. The van der Waals surface area contributed by atoms with E-state index in [1.54, 1.807) is 13.2 Å². The Labute approximate surface area is 112 Å². The standard InChI is InChI=1S/C13H17NO4S/c1-18-12-4-2-3-10(7-12)8-13(15)14-11-5-6-19(16,17)9-11/h2-4,7,11H,5-6,8-9H2,1H3,(H,14,15)/t11-/m1/s1. The molecule has 1 heterocycles. The Hall–Kier alpha value is -1.56. The van der Waals surface area contributed by atoms with E-state index in [-0.39, 0.29) is 29.9 Å². The minimum atomic E-state index is -2.96. The first-order valence-electron chi connectivity index (χ1n) is 6.11. The number of carbonyl (C=O) groups excluding carboxylic acids is 1. The van der Waals surface area contributed by atoms with E-state index in [0.717, 1.165) is 5.56 Å². The zero-order chi connectivity index (χ0) is 13.9. The molecular weight excluding hydrogens is 266 g/mol. The predicted octanol–water partition coefficient (Wildman–Crippen LogP) is 0.541. The van der Waals surface area contributed by atoms with Gasteiger partial charge in [-0.15, -0.1) is 0 Å². The van der Waals surface area contributed by atoms with E-state index in [4.69, 9.17) is 4.74 Å². The van der Waals surface area contributed by atoms with Crippen molar-refractivity contribution in [2.45, 2.75) is 18.9 Å². The molecule has 1 aliphatic heterocycles. The Balaban J connectivity index is 1.91. The third kappa shape index (κ3) is 3.96. The van der Waals surface area contributed by atoms with E-state index in [2.05, 4.69) is 5.32 Å². The molecule has 0 aliphatic carbocycles. The molecule has 1 N–H and O–H groups in total. The number of sulfone groups is 1. The molecular formula is C13H17NO4S. The van der Waals surface area contributed by atoms with Crippen molar-refractivity contribution in [1.82, 2.24) is 5.32 Å². The van der Waals surface area contributed by atoms with E-state index in [1.807, 2.05) is 18.2 Å². The number of ether oxygens (including phenoxy) is 1. The molecule has 1 aromatic carbocycles. The van der Waals surface area contributed by atoms with Crippen LogP contribution in [-0.2, 0) is 21.1 Å². The number of hydrogen-bond acceptors (Lipinski definition) is 4. The fourth-order valence-electron chi connectivity index (χ4n) is 2.16. The highest BCUT2D eigenvalue weighted by Gasteiger charge is 2.28. The van der Waals surface area contributed by atoms with E-state index in [1.165, 1.54) is 0 Å². The van der Waals surface area contributed by atoms with Crippen molar-refractivity contribution >= 4 is 15.7 Å². The zero-order valence-electron chi connectivity index (χ0n) is 10.8. The Morgan fingerprint density at radius 3 is 2.89 bits per heavy atom. The van der Waals surface area contributed by atoms with E-state index in [0.29, 0.717) is 12.2 Å². The second-order valence-electron chi connectivity index (χ2n) is 4.70. The van der Waals surface area contributed by atoms with Crippen LogP contribution < -0.4 is 10.1 Å². The lowest BCUT2D eigenvalue weighted by atomic mass is 10.1. The van der Waals surface area contributed by atoms with Gasteiger partial charge in [-0.05, 0) is 24.1 Å². The van der Waals surface area contributed by atoms with Crippen LogP contribution in [0.5, 0.6) is 5.75 Å². The number of benzene rings is 1. The van der Waals surface area contributed by atoms with Gasteiger partial charge in [-0.1, -0.05) is 12.1 Å². The molecule has 1 amide bonds. The number of nitrogens with one attached hydrogen (secondary N) is 1. The van der Waals surface area contributed by atoms with Crippen LogP contribution in [-0.4, -0.2) is 39.0 Å². The summed E-state index contributed by atoms with van der Waals surface area (Å²) in [6.07, 6.45) is 0.736. The Kier molecular flexibility index (Phi) is 4.09. The molecule has 0 bridgehead atoms. The van der Waals surface area contributed by atoms with Gasteiger partial charge in [-0.3, -0.25) is 4.79 Å². The van der Waals surface area contributed by atoms with Crippen LogP contribution in [0.15, 0.2) is 24.3 Å². The minimum absolute atomic E-state index is 0.0524. The summed E-state index contributed by atoms with van der Waals surface area (Å²) in [4.78, 5) is 11.8. The molecule has 0 aromatic heterocycles. The highest BCUT2D eigenvalue weighted by atomic mass is 32.2. The molecule has 0 unspecified atom stereocenters. The third-order valence-corrected chi connectivity index (χ3v) is 4.86. The topological polar surface area (TPSA) is 72.5 Å². The van der Waals surface area contributed by atoms with Crippen LogP contribution in [0, 0.1) is 0 Å². The van der Waals surface area contributed by atoms with Gasteiger partial charge in [0.05, 0.1) is 25.0 Å². The summed E-state index contributed by atoms with van der Waals surface area (Å²) in [5, 5.41) is 2.76. The van der Waals surface area contributed by atoms with Crippen molar-refractivity contribution in [2.24, 2.45) is 0 Å². The monoisotopic (exact) mass is 283 g/mol. The lowest BCUT2D eigenvalue weighted by molar-refractivity contribution is -0.120. The predicted molar refractivity (Wildman–Crippen MR) is 71.9 cm³/mol. The van der Waals surface area contributed by atoms with Crippen LogP contribution in [0.2, 0.25) is 0 Å². The summed E-state index contributed by atoms with van der Waals surface area (Å²) in [6, 6.07) is 7.02. The molecule has 0 saturated carbocycles. The van der Waals surface area contributed by atoms with E-state index < -0.39 is 9.84 Å². The van der Waals surface area contributed by atoms with Crippen LogP contribution in [0.1, 0.15) is 12.0 Å². The Morgan fingerprint density at radius 1 is 1.47 bits per heavy atom. The number of amides is 1. The van der Waals surface area contributed by atoms with Crippen molar-refractivity contribution in [2.75, 3.05) is 18.6 Å². The summed E-state index contributed by atoms with van der Waals surface area (Å²) < 4.78 is 27.7. The largest absolute Gasteiger partial charge is 0.497 e. The summed E-state index contributed by atoms with van der Waals surface area (Å²) >= 11 is 0. The summed E-state index contributed by atoms with van der Waals surface area (Å²) in [5.41, 5.74) is 0.845. The highest BCUT2D eigenvalue weighted by Crippen LogP contribution is 2.14. The van der Waals surface area contributed by atoms with Gasteiger partial charge in [0.15, 0.2) is 9.84 Å².